The van der Waals surface area contributed by atoms with Crippen molar-refractivity contribution in [1.29, 1.82) is 0 Å². The van der Waals surface area contributed by atoms with Gasteiger partial charge < -0.3 is 14.7 Å². The molecule has 1 amide bonds. The smallest absolute Gasteiger partial charge is 0.328 e. The van der Waals surface area contributed by atoms with Gasteiger partial charge in [-0.3, -0.25) is 4.79 Å². The van der Waals surface area contributed by atoms with E-state index in [1.807, 2.05) is 19.9 Å². The summed E-state index contributed by atoms with van der Waals surface area (Å²) in [7, 11) is 1.28. The largest absolute Gasteiger partial charge is 0.467 e. The van der Waals surface area contributed by atoms with Gasteiger partial charge in [0.05, 0.1) is 13.2 Å². The predicted molar refractivity (Wildman–Crippen MR) is 73.4 cm³/mol. The topological polar surface area (TPSA) is 66.8 Å². The van der Waals surface area contributed by atoms with E-state index in [1.165, 1.54) is 12.0 Å². The maximum atomic E-state index is 12.5. The predicted octanol–water partition coefficient (Wildman–Crippen LogP) is 1.05. The van der Waals surface area contributed by atoms with Gasteiger partial charge in [0, 0.05) is 18.5 Å². The summed E-state index contributed by atoms with van der Waals surface area (Å²) in [5, 5.41) is 9.72. The van der Waals surface area contributed by atoms with Crippen molar-refractivity contribution in [2.24, 2.45) is 0 Å². The number of hydrogen-bond acceptors (Lipinski definition) is 4. The molecule has 0 spiro atoms. The van der Waals surface area contributed by atoms with Crippen LogP contribution in [0.3, 0.4) is 0 Å². The number of hydrogen-bond donors (Lipinski definition) is 1. The van der Waals surface area contributed by atoms with Crippen molar-refractivity contribution in [3.05, 3.63) is 34.9 Å². The third-order valence-electron chi connectivity index (χ3n) is 3.48. The first-order chi connectivity index (χ1) is 9.42. The van der Waals surface area contributed by atoms with Crippen LogP contribution in [0.5, 0.6) is 0 Å². The Kier molecular flexibility index (Phi) is 4.09. The summed E-state index contributed by atoms with van der Waals surface area (Å²) < 4.78 is 4.70. The van der Waals surface area contributed by atoms with Crippen molar-refractivity contribution in [3.8, 4) is 0 Å². The average molecular weight is 277 g/mol. The van der Waals surface area contributed by atoms with E-state index in [0.29, 0.717) is 5.56 Å². The van der Waals surface area contributed by atoms with Crippen LogP contribution in [0.2, 0.25) is 0 Å². The van der Waals surface area contributed by atoms with E-state index in [-0.39, 0.29) is 18.9 Å². The Morgan fingerprint density at radius 1 is 1.25 bits per heavy atom. The monoisotopic (exact) mass is 277 g/mol. The summed E-state index contributed by atoms with van der Waals surface area (Å²) in [5.74, 6) is -0.733. The molecule has 5 nitrogen and oxygen atoms in total. The first-order valence-electron chi connectivity index (χ1n) is 6.57. The number of amides is 1. The zero-order chi connectivity index (χ0) is 14.9. The van der Waals surface area contributed by atoms with Crippen LogP contribution in [0, 0.1) is 13.8 Å². The number of carbonyl (C=O) groups is 2. The number of methoxy groups -OCH3 is 1. The molecule has 2 rings (SSSR count). The van der Waals surface area contributed by atoms with Crippen LogP contribution >= 0.6 is 0 Å². The molecule has 1 fully saturated rings. The normalized spacial score (nSPS) is 21.9. The Bertz CT molecular complexity index is 520. The molecule has 0 aliphatic carbocycles. The minimum Gasteiger partial charge on any atom is -0.467 e. The Balaban J connectivity index is 2.28. The number of carbonyl (C=O) groups excluding carboxylic acids is 2. The van der Waals surface area contributed by atoms with Crippen molar-refractivity contribution in [2.45, 2.75) is 32.4 Å². The molecule has 0 saturated carbocycles. The number of esters is 1. The summed E-state index contributed by atoms with van der Waals surface area (Å²) in [6, 6.07) is 4.85. The molecule has 20 heavy (non-hydrogen) atoms. The second-order valence-corrected chi connectivity index (χ2v) is 5.26. The van der Waals surface area contributed by atoms with E-state index in [2.05, 4.69) is 0 Å². The van der Waals surface area contributed by atoms with E-state index in [0.717, 1.165) is 11.1 Å². The maximum absolute atomic E-state index is 12.5. The molecular formula is C15H19NO4. The molecule has 5 heteroatoms. The Hall–Kier alpha value is -1.88. The number of likely N-dealkylation sites (tertiary alicyclic amines) is 1. The second kappa shape index (κ2) is 5.63. The number of rotatable bonds is 2. The van der Waals surface area contributed by atoms with Gasteiger partial charge in [0.25, 0.3) is 5.91 Å². The quantitative estimate of drug-likeness (QED) is 0.821. The van der Waals surface area contributed by atoms with Crippen LogP contribution in [0.25, 0.3) is 0 Å². The lowest BCUT2D eigenvalue weighted by Gasteiger charge is -2.22. The highest BCUT2D eigenvalue weighted by atomic mass is 16.5. The SMILES string of the molecule is COC(=O)C1CC(O)CN1C(=O)c1cc(C)cc(C)c1. The van der Waals surface area contributed by atoms with Crippen molar-refractivity contribution >= 4 is 11.9 Å². The summed E-state index contributed by atoms with van der Waals surface area (Å²) in [5.41, 5.74) is 2.51. The number of aliphatic hydroxyl groups is 1. The molecule has 1 heterocycles. The number of aliphatic hydroxyl groups excluding tert-OH is 1. The number of β-amino-alcohol motifs (C(OH)–C–C–N with tert-alkyl or cyclic N) is 1. The van der Waals surface area contributed by atoms with Gasteiger partial charge >= 0.3 is 5.97 Å². The summed E-state index contributed by atoms with van der Waals surface area (Å²) in [6.45, 7) is 3.99. The van der Waals surface area contributed by atoms with E-state index in [9.17, 15) is 14.7 Å². The molecular weight excluding hydrogens is 258 g/mol. The van der Waals surface area contributed by atoms with Crippen molar-refractivity contribution in [1.82, 2.24) is 4.90 Å². The number of benzene rings is 1. The molecule has 108 valence electrons. The molecule has 1 N–H and O–H groups in total. The van der Waals surface area contributed by atoms with E-state index < -0.39 is 18.1 Å². The highest BCUT2D eigenvalue weighted by Crippen LogP contribution is 2.22. The second-order valence-electron chi connectivity index (χ2n) is 5.26. The van der Waals surface area contributed by atoms with Crippen LogP contribution in [-0.2, 0) is 9.53 Å². The summed E-state index contributed by atoms with van der Waals surface area (Å²) in [6.07, 6.45) is -0.461. The average Bonchev–Trinajstić information content (AvgIpc) is 2.78. The van der Waals surface area contributed by atoms with Crippen molar-refractivity contribution < 1.29 is 19.4 Å². The van der Waals surface area contributed by atoms with Gasteiger partial charge in [-0.05, 0) is 26.0 Å². The minimum atomic E-state index is -0.705. The summed E-state index contributed by atoms with van der Waals surface area (Å²) >= 11 is 0. The van der Waals surface area contributed by atoms with Crippen molar-refractivity contribution in [3.63, 3.8) is 0 Å². The lowest BCUT2D eigenvalue weighted by molar-refractivity contribution is -0.145. The Morgan fingerprint density at radius 2 is 1.85 bits per heavy atom. The molecule has 1 aliphatic heterocycles. The van der Waals surface area contributed by atoms with Gasteiger partial charge in [-0.1, -0.05) is 17.2 Å². The van der Waals surface area contributed by atoms with Gasteiger partial charge in [-0.2, -0.15) is 0 Å². The molecule has 0 bridgehead atoms. The lowest BCUT2D eigenvalue weighted by atomic mass is 10.1. The van der Waals surface area contributed by atoms with Gasteiger partial charge in [-0.15, -0.1) is 0 Å². The van der Waals surface area contributed by atoms with Crippen LogP contribution < -0.4 is 0 Å². The van der Waals surface area contributed by atoms with E-state index >= 15 is 0 Å². The van der Waals surface area contributed by atoms with Crippen LogP contribution in [0.1, 0.15) is 27.9 Å². The zero-order valence-electron chi connectivity index (χ0n) is 11.9. The van der Waals surface area contributed by atoms with Crippen molar-refractivity contribution in [2.75, 3.05) is 13.7 Å². The number of aryl methyl sites for hydroxylation is 2. The third kappa shape index (κ3) is 2.82. The fourth-order valence-electron chi connectivity index (χ4n) is 2.66. The molecule has 0 radical (unpaired) electrons. The minimum absolute atomic E-state index is 0.158. The molecule has 1 aromatic rings. The molecule has 1 aromatic carbocycles. The molecule has 2 atom stereocenters. The van der Waals surface area contributed by atoms with Crippen LogP contribution in [-0.4, -0.2) is 47.7 Å². The molecule has 1 saturated heterocycles. The molecule has 0 aromatic heterocycles. The fourth-order valence-corrected chi connectivity index (χ4v) is 2.66. The zero-order valence-corrected chi connectivity index (χ0v) is 11.9. The first-order valence-corrected chi connectivity index (χ1v) is 6.57. The van der Waals surface area contributed by atoms with Gasteiger partial charge in [0.15, 0.2) is 0 Å². The third-order valence-corrected chi connectivity index (χ3v) is 3.48. The van der Waals surface area contributed by atoms with Gasteiger partial charge in [0.2, 0.25) is 0 Å². The Morgan fingerprint density at radius 3 is 2.40 bits per heavy atom. The molecule has 1 aliphatic rings. The first kappa shape index (κ1) is 14.5. The number of nitrogens with zero attached hydrogens (tertiary/aromatic N) is 1. The standard InChI is InChI=1S/C15H19NO4/c1-9-4-10(2)6-11(5-9)14(18)16-8-12(17)7-13(16)15(19)20-3/h4-6,12-13,17H,7-8H2,1-3H3. The Labute approximate surface area is 118 Å². The fraction of sp³-hybridized carbons (Fsp3) is 0.467. The highest BCUT2D eigenvalue weighted by Gasteiger charge is 2.39. The maximum Gasteiger partial charge on any atom is 0.328 e. The van der Waals surface area contributed by atoms with Crippen LogP contribution in [0.4, 0.5) is 0 Å². The number of ether oxygens (including phenoxy) is 1. The van der Waals surface area contributed by atoms with Gasteiger partial charge in [-0.25, -0.2) is 4.79 Å². The summed E-state index contributed by atoms with van der Waals surface area (Å²) in [4.78, 5) is 25.6. The molecule has 2 unspecified atom stereocenters. The lowest BCUT2D eigenvalue weighted by Crippen LogP contribution is -2.41. The van der Waals surface area contributed by atoms with E-state index in [4.69, 9.17) is 4.74 Å². The van der Waals surface area contributed by atoms with Gasteiger partial charge in [0.1, 0.15) is 6.04 Å². The highest BCUT2D eigenvalue weighted by molar-refractivity contribution is 5.97. The van der Waals surface area contributed by atoms with Crippen LogP contribution in [0.15, 0.2) is 18.2 Å². The van der Waals surface area contributed by atoms with E-state index in [1.54, 1.807) is 12.1 Å².